The summed E-state index contributed by atoms with van der Waals surface area (Å²) in [6, 6.07) is 6.61. The van der Waals surface area contributed by atoms with Gasteiger partial charge in [-0.3, -0.25) is 15.1 Å². The summed E-state index contributed by atoms with van der Waals surface area (Å²) in [6.45, 7) is 2.96. The van der Waals surface area contributed by atoms with E-state index in [1.165, 1.54) is 12.8 Å². The summed E-state index contributed by atoms with van der Waals surface area (Å²) in [6.07, 6.45) is 7.80. The summed E-state index contributed by atoms with van der Waals surface area (Å²) in [7, 11) is 0. The lowest BCUT2D eigenvalue weighted by molar-refractivity contribution is 0.385. The molecular weight excluding hydrogens is 288 g/mol. The van der Waals surface area contributed by atoms with Crippen LogP contribution in [0.1, 0.15) is 18.5 Å². The van der Waals surface area contributed by atoms with E-state index >= 15 is 0 Å². The van der Waals surface area contributed by atoms with E-state index in [0.29, 0.717) is 6.04 Å². The second-order valence-electron chi connectivity index (χ2n) is 5.93. The van der Waals surface area contributed by atoms with Crippen LogP contribution in [0.5, 0.6) is 0 Å². The summed E-state index contributed by atoms with van der Waals surface area (Å²) in [5, 5.41) is 15.7. The number of aromatic nitrogens is 4. The molecule has 1 saturated heterocycles. The Balaban J connectivity index is 1.57. The molecule has 4 rings (SSSR count). The Morgan fingerprint density at radius 2 is 2.13 bits per heavy atom. The first kappa shape index (κ1) is 14.3. The van der Waals surface area contributed by atoms with Crippen LogP contribution in [0, 0.1) is 0 Å². The molecule has 0 aliphatic carbocycles. The van der Waals surface area contributed by atoms with Gasteiger partial charge in [-0.1, -0.05) is 0 Å². The van der Waals surface area contributed by atoms with Gasteiger partial charge in [-0.05, 0) is 44.1 Å². The van der Waals surface area contributed by atoms with Crippen molar-refractivity contribution in [1.29, 1.82) is 0 Å². The number of hydrogen-bond donors (Lipinski definition) is 3. The average molecular weight is 308 g/mol. The number of nitrogens with one attached hydrogen (secondary N) is 3. The highest BCUT2D eigenvalue weighted by Gasteiger charge is 2.14. The Morgan fingerprint density at radius 3 is 2.96 bits per heavy atom. The van der Waals surface area contributed by atoms with Gasteiger partial charge in [-0.2, -0.15) is 5.10 Å². The highest BCUT2D eigenvalue weighted by molar-refractivity contribution is 5.84. The molecule has 0 bridgehead atoms. The van der Waals surface area contributed by atoms with Crippen molar-refractivity contribution in [1.82, 2.24) is 30.8 Å². The molecule has 3 aromatic heterocycles. The zero-order valence-corrected chi connectivity index (χ0v) is 12.9. The Labute approximate surface area is 134 Å². The number of pyridine rings is 2. The van der Waals surface area contributed by atoms with E-state index in [9.17, 15) is 0 Å². The van der Waals surface area contributed by atoms with Gasteiger partial charge in [0.2, 0.25) is 0 Å². The molecule has 0 spiro atoms. The molecule has 1 aliphatic rings. The molecule has 0 radical (unpaired) electrons. The first-order valence-electron chi connectivity index (χ1n) is 8.07. The highest BCUT2D eigenvalue weighted by Crippen LogP contribution is 2.22. The normalized spacial score (nSPS) is 16.0. The number of aromatic amines is 1. The van der Waals surface area contributed by atoms with Crippen LogP contribution in [0.3, 0.4) is 0 Å². The van der Waals surface area contributed by atoms with E-state index < -0.39 is 0 Å². The van der Waals surface area contributed by atoms with Gasteiger partial charge in [-0.25, -0.2) is 0 Å². The zero-order valence-electron chi connectivity index (χ0n) is 12.9. The fourth-order valence-corrected chi connectivity index (χ4v) is 3.05. The van der Waals surface area contributed by atoms with E-state index in [0.717, 1.165) is 47.5 Å². The van der Waals surface area contributed by atoms with E-state index in [1.54, 1.807) is 6.20 Å². The predicted octanol–water partition coefficient (Wildman–Crippen LogP) is 1.86. The zero-order chi connectivity index (χ0) is 15.5. The number of nitrogens with zero attached hydrogens (tertiary/aromatic N) is 3. The third kappa shape index (κ3) is 3.09. The molecule has 0 atom stereocenters. The molecule has 23 heavy (non-hydrogen) atoms. The minimum absolute atomic E-state index is 0.572. The molecule has 0 aromatic carbocycles. The molecule has 1 fully saturated rings. The average Bonchev–Trinajstić information content (AvgIpc) is 3.04. The largest absolute Gasteiger partial charge is 0.317 e. The quantitative estimate of drug-likeness (QED) is 0.686. The van der Waals surface area contributed by atoms with Crippen LogP contribution in [0.4, 0.5) is 0 Å². The van der Waals surface area contributed by atoms with Crippen molar-refractivity contribution in [2.75, 3.05) is 13.1 Å². The summed E-state index contributed by atoms with van der Waals surface area (Å²) in [5.74, 6) is 0. The molecule has 1 aliphatic heterocycles. The van der Waals surface area contributed by atoms with Crippen molar-refractivity contribution in [2.24, 2.45) is 0 Å². The molecule has 0 amide bonds. The third-order valence-electron chi connectivity index (χ3n) is 4.38. The monoisotopic (exact) mass is 308 g/mol. The molecule has 0 unspecified atom stereocenters. The Bertz CT molecular complexity index is 776. The SMILES string of the molecule is c1cncc(-c2cc3c(CNC4CCNCC4)n[nH]c3cn2)c1. The second kappa shape index (κ2) is 6.44. The van der Waals surface area contributed by atoms with E-state index in [-0.39, 0.29) is 0 Å². The van der Waals surface area contributed by atoms with Gasteiger partial charge < -0.3 is 10.6 Å². The lowest BCUT2D eigenvalue weighted by Crippen LogP contribution is -2.39. The van der Waals surface area contributed by atoms with Gasteiger partial charge in [0.05, 0.1) is 23.1 Å². The van der Waals surface area contributed by atoms with Crippen LogP contribution in [-0.2, 0) is 6.54 Å². The minimum Gasteiger partial charge on any atom is -0.317 e. The second-order valence-corrected chi connectivity index (χ2v) is 5.93. The standard InChI is InChI=1S/C17H20N6/c1-2-12(9-19-5-1)15-8-14-16(22-23-17(14)11-21-15)10-20-13-3-6-18-7-4-13/h1-2,5,8-9,11,13,18,20H,3-4,6-7,10H2,(H,22,23). The van der Waals surface area contributed by atoms with E-state index in [1.807, 2.05) is 24.5 Å². The Kier molecular flexibility index (Phi) is 4.00. The van der Waals surface area contributed by atoms with Crippen LogP contribution >= 0.6 is 0 Å². The van der Waals surface area contributed by atoms with Crippen LogP contribution in [-0.4, -0.2) is 39.3 Å². The van der Waals surface area contributed by atoms with Gasteiger partial charge in [0.1, 0.15) is 0 Å². The highest BCUT2D eigenvalue weighted by atomic mass is 15.1. The summed E-state index contributed by atoms with van der Waals surface area (Å²) >= 11 is 0. The number of fused-ring (bicyclic) bond motifs is 1. The Hall–Kier alpha value is -2.31. The molecule has 0 saturated carbocycles. The van der Waals surface area contributed by atoms with Crippen molar-refractivity contribution >= 4 is 10.9 Å². The van der Waals surface area contributed by atoms with Crippen LogP contribution in [0.25, 0.3) is 22.2 Å². The third-order valence-corrected chi connectivity index (χ3v) is 4.38. The number of piperidine rings is 1. The van der Waals surface area contributed by atoms with E-state index in [2.05, 4.69) is 36.9 Å². The van der Waals surface area contributed by atoms with Crippen molar-refractivity contribution in [3.8, 4) is 11.3 Å². The molecular formula is C17H20N6. The van der Waals surface area contributed by atoms with Crippen LogP contribution in [0.15, 0.2) is 36.8 Å². The maximum Gasteiger partial charge on any atom is 0.0840 e. The van der Waals surface area contributed by atoms with Crippen molar-refractivity contribution in [3.63, 3.8) is 0 Å². The van der Waals surface area contributed by atoms with Gasteiger partial charge in [0.15, 0.2) is 0 Å². The van der Waals surface area contributed by atoms with Crippen LogP contribution in [0.2, 0.25) is 0 Å². The first-order chi connectivity index (χ1) is 11.4. The van der Waals surface area contributed by atoms with Gasteiger partial charge in [0, 0.05) is 35.9 Å². The van der Waals surface area contributed by atoms with Gasteiger partial charge in [-0.15, -0.1) is 0 Å². The summed E-state index contributed by atoms with van der Waals surface area (Å²) < 4.78 is 0. The number of rotatable bonds is 4. The van der Waals surface area contributed by atoms with Crippen molar-refractivity contribution in [3.05, 3.63) is 42.5 Å². The number of H-pyrrole nitrogens is 1. The molecule has 118 valence electrons. The molecule has 3 N–H and O–H groups in total. The van der Waals surface area contributed by atoms with Gasteiger partial charge >= 0.3 is 0 Å². The first-order valence-corrected chi connectivity index (χ1v) is 8.07. The van der Waals surface area contributed by atoms with Crippen LogP contribution < -0.4 is 10.6 Å². The van der Waals surface area contributed by atoms with Crippen molar-refractivity contribution < 1.29 is 0 Å². The molecule has 6 nitrogen and oxygen atoms in total. The lowest BCUT2D eigenvalue weighted by Gasteiger charge is -2.23. The molecule has 4 heterocycles. The minimum atomic E-state index is 0.572. The predicted molar refractivity (Wildman–Crippen MR) is 89.9 cm³/mol. The van der Waals surface area contributed by atoms with Crippen molar-refractivity contribution in [2.45, 2.75) is 25.4 Å². The molecule has 6 heteroatoms. The Morgan fingerprint density at radius 1 is 1.22 bits per heavy atom. The van der Waals surface area contributed by atoms with Gasteiger partial charge in [0.25, 0.3) is 0 Å². The number of hydrogen-bond acceptors (Lipinski definition) is 5. The lowest BCUT2D eigenvalue weighted by atomic mass is 10.1. The topological polar surface area (TPSA) is 78.5 Å². The summed E-state index contributed by atoms with van der Waals surface area (Å²) in [5.41, 5.74) is 3.97. The molecule has 3 aromatic rings. The fraction of sp³-hybridized carbons (Fsp3) is 0.353. The maximum absolute atomic E-state index is 4.50. The van der Waals surface area contributed by atoms with E-state index in [4.69, 9.17) is 0 Å². The smallest absolute Gasteiger partial charge is 0.0840 e. The maximum atomic E-state index is 4.50. The fourth-order valence-electron chi connectivity index (χ4n) is 3.05. The summed E-state index contributed by atoms with van der Waals surface area (Å²) in [4.78, 5) is 8.67.